The van der Waals surface area contributed by atoms with E-state index in [9.17, 15) is 4.79 Å². The second kappa shape index (κ2) is 6.70. The molecule has 1 heterocycles. The van der Waals surface area contributed by atoms with Gasteiger partial charge in [0.25, 0.3) is 0 Å². The first-order chi connectivity index (χ1) is 9.02. The lowest BCUT2D eigenvalue weighted by Crippen LogP contribution is -2.42. The molecule has 1 fully saturated rings. The van der Waals surface area contributed by atoms with E-state index in [-0.39, 0.29) is 5.91 Å². The highest BCUT2D eigenvalue weighted by Gasteiger charge is 2.23. The van der Waals surface area contributed by atoms with Gasteiger partial charge in [-0.25, -0.2) is 0 Å². The zero-order valence-corrected chi connectivity index (χ0v) is 13.7. The molecule has 4 heteroatoms. The Morgan fingerprint density at radius 3 is 2.42 bits per heavy atom. The van der Waals surface area contributed by atoms with Crippen LogP contribution in [-0.4, -0.2) is 30.4 Å². The van der Waals surface area contributed by atoms with E-state index in [0.717, 1.165) is 18.8 Å². The highest BCUT2D eigenvalue weighted by atomic mass is 127. The van der Waals surface area contributed by atoms with Crippen LogP contribution in [0.3, 0.4) is 0 Å². The maximum absolute atomic E-state index is 12.0. The average molecular weight is 372 g/mol. The van der Waals surface area contributed by atoms with Gasteiger partial charge in [0, 0.05) is 22.3 Å². The minimum absolute atomic E-state index is 0.0857. The summed E-state index contributed by atoms with van der Waals surface area (Å²) in [6, 6.07) is 7.89. The molecule has 3 nitrogen and oxygen atoms in total. The number of likely N-dealkylation sites (tertiary alicyclic amines) is 1. The van der Waals surface area contributed by atoms with Crippen LogP contribution in [0.25, 0.3) is 0 Å². The fourth-order valence-electron chi connectivity index (χ4n) is 2.86. The summed E-state index contributed by atoms with van der Waals surface area (Å²) in [5, 5.41) is 2.96. The number of hydrogen-bond acceptors (Lipinski definition) is 2. The van der Waals surface area contributed by atoms with Crippen molar-refractivity contribution in [3.05, 3.63) is 27.8 Å². The second-order valence-electron chi connectivity index (χ2n) is 5.70. The fourth-order valence-corrected chi connectivity index (χ4v) is 3.22. The van der Waals surface area contributed by atoms with E-state index in [2.05, 4.69) is 46.7 Å². The Morgan fingerprint density at radius 1 is 1.26 bits per heavy atom. The molecule has 1 saturated heterocycles. The van der Waals surface area contributed by atoms with Gasteiger partial charge in [0.1, 0.15) is 0 Å². The molecule has 2 rings (SSSR count). The Bertz CT molecular complexity index is 422. The highest BCUT2D eigenvalue weighted by molar-refractivity contribution is 14.1. The Kier molecular flexibility index (Phi) is 5.21. The van der Waals surface area contributed by atoms with Crippen LogP contribution in [0.4, 0.5) is 5.69 Å². The quantitative estimate of drug-likeness (QED) is 0.827. The van der Waals surface area contributed by atoms with E-state index < -0.39 is 0 Å². The topological polar surface area (TPSA) is 32.3 Å². The molecule has 104 valence electrons. The average Bonchev–Trinajstić information content (AvgIpc) is 2.30. The summed E-state index contributed by atoms with van der Waals surface area (Å²) >= 11 is 2.26. The molecule has 19 heavy (non-hydrogen) atoms. The first-order valence-corrected chi connectivity index (χ1v) is 7.88. The highest BCUT2D eigenvalue weighted by Crippen LogP contribution is 2.20. The summed E-state index contributed by atoms with van der Waals surface area (Å²) < 4.78 is 1.18. The number of nitrogens with zero attached hydrogens (tertiary/aromatic N) is 1. The molecule has 1 N–H and O–H groups in total. The first kappa shape index (κ1) is 14.8. The van der Waals surface area contributed by atoms with Crippen LogP contribution < -0.4 is 5.32 Å². The van der Waals surface area contributed by atoms with Crippen LogP contribution in [0.15, 0.2) is 24.3 Å². The van der Waals surface area contributed by atoms with Crippen molar-refractivity contribution in [2.45, 2.75) is 20.3 Å². The van der Waals surface area contributed by atoms with Crippen molar-refractivity contribution >= 4 is 34.2 Å². The zero-order valence-electron chi connectivity index (χ0n) is 11.5. The maximum atomic E-state index is 12.0. The van der Waals surface area contributed by atoms with Crippen LogP contribution in [0, 0.1) is 15.4 Å². The predicted molar refractivity (Wildman–Crippen MR) is 87.2 cm³/mol. The Labute approximate surface area is 128 Å². The molecule has 0 saturated carbocycles. The van der Waals surface area contributed by atoms with Crippen molar-refractivity contribution in [1.82, 2.24) is 4.90 Å². The smallest absolute Gasteiger partial charge is 0.238 e. The maximum Gasteiger partial charge on any atom is 0.238 e. The summed E-state index contributed by atoms with van der Waals surface area (Å²) in [5.74, 6) is 1.47. The molecule has 0 spiro atoms. The molecule has 1 aromatic carbocycles. The Balaban J connectivity index is 1.85. The van der Waals surface area contributed by atoms with Crippen molar-refractivity contribution in [2.75, 3.05) is 25.0 Å². The van der Waals surface area contributed by atoms with Crippen LogP contribution in [-0.2, 0) is 4.79 Å². The number of carbonyl (C=O) groups excluding carboxylic acids is 1. The number of halogens is 1. The number of anilines is 1. The SMILES string of the molecule is CC1CC(C)CN(CC(=O)Nc2ccc(I)cc2)C1. The third kappa shape index (κ3) is 4.76. The summed E-state index contributed by atoms with van der Waals surface area (Å²) in [6.45, 7) is 7.09. The number of piperidine rings is 1. The van der Waals surface area contributed by atoms with E-state index in [4.69, 9.17) is 0 Å². The van der Waals surface area contributed by atoms with Gasteiger partial charge in [-0.15, -0.1) is 0 Å². The van der Waals surface area contributed by atoms with E-state index in [0.29, 0.717) is 18.4 Å². The Hall–Kier alpha value is -0.620. The van der Waals surface area contributed by atoms with Crippen LogP contribution in [0.5, 0.6) is 0 Å². The molecule has 0 bridgehead atoms. The predicted octanol–water partition coefficient (Wildman–Crippen LogP) is 3.21. The lowest BCUT2D eigenvalue weighted by Gasteiger charge is -2.34. The van der Waals surface area contributed by atoms with Gasteiger partial charge >= 0.3 is 0 Å². The summed E-state index contributed by atoms with van der Waals surface area (Å²) in [5.41, 5.74) is 0.878. The lowest BCUT2D eigenvalue weighted by molar-refractivity contribution is -0.117. The van der Waals surface area contributed by atoms with Crippen molar-refractivity contribution in [1.29, 1.82) is 0 Å². The largest absolute Gasteiger partial charge is 0.325 e. The van der Waals surface area contributed by atoms with E-state index in [1.807, 2.05) is 24.3 Å². The minimum Gasteiger partial charge on any atom is -0.325 e. The van der Waals surface area contributed by atoms with E-state index in [1.165, 1.54) is 9.99 Å². The zero-order chi connectivity index (χ0) is 13.8. The molecule has 1 amide bonds. The normalized spacial score (nSPS) is 24.2. The number of nitrogens with one attached hydrogen (secondary N) is 1. The third-order valence-corrected chi connectivity index (χ3v) is 4.16. The van der Waals surface area contributed by atoms with Gasteiger partial charge in [-0.3, -0.25) is 9.69 Å². The van der Waals surface area contributed by atoms with Crippen LogP contribution in [0.2, 0.25) is 0 Å². The van der Waals surface area contributed by atoms with Crippen molar-refractivity contribution in [2.24, 2.45) is 11.8 Å². The molecule has 1 aromatic rings. The van der Waals surface area contributed by atoms with Crippen molar-refractivity contribution in [3.8, 4) is 0 Å². The molecule has 0 aliphatic carbocycles. The molecule has 1 aliphatic rings. The Morgan fingerprint density at radius 2 is 1.84 bits per heavy atom. The molecule has 0 aromatic heterocycles. The van der Waals surface area contributed by atoms with Gasteiger partial charge in [-0.1, -0.05) is 13.8 Å². The first-order valence-electron chi connectivity index (χ1n) is 6.80. The van der Waals surface area contributed by atoms with Gasteiger partial charge in [0.05, 0.1) is 6.54 Å². The molecule has 0 radical (unpaired) electrons. The van der Waals surface area contributed by atoms with Gasteiger partial charge in [-0.05, 0) is 65.1 Å². The molecular formula is C15H21IN2O. The van der Waals surface area contributed by atoms with Crippen LogP contribution in [0.1, 0.15) is 20.3 Å². The third-order valence-electron chi connectivity index (χ3n) is 3.44. The number of hydrogen-bond donors (Lipinski definition) is 1. The standard InChI is InChI=1S/C15H21IN2O/c1-11-7-12(2)9-18(8-11)10-15(19)17-14-5-3-13(16)4-6-14/h3-6,11-12H,7-10H2,1-2H3,(H,17,19). The minimum atomic E-state index is 0.0857. The lowest BCUT2D eigenvalue weighted by atomic mass is 9.92. The van der Waals surface area contributed by atoms with Gasteiger partial charge in [0.2, 0.25) is 5.91 Å². The molecule has 2 unspecified atom stereocenters. The van der Waals surface area contributed by atoms with Crippen molar-refractivity contribution in [3.63, 3.8) is 0 Å². The summed E-state index contributed by atoms with van der Waals surface area (Å²) in [6.07, 6.45) is 1.27. The summed E-state index contributed by atoms with van der Waals surface area (Å²) in [7, 11) is 0. The van der Waals surface area contributed by atoms with Crippen LogP contribution >= 0.6 is 22.6 Å². The van der Waals surface area contributed by atoms with Gasteiger partial charge in [0.15, 0.2) is 0 Å². The van der Waals surface area contributed by atoms with Crippen molar-refractivity contribution < 1.29 is 4.79 Å². The number of carbonyl (C=O) groups is 1. The van der Waals surface area contributed by atoms with Gasteiger partial charge < -0.3 is 5.32 Å². The van der Waals surface area contributed by atoms with Gasteiger partial charge in [-0.2, -0.15) is 0 Å². The second-order valence-corrected chi connectivity index (χ2v) is 6.94. The fraction of sp³-hybridized carbons (Fsp3) is 0.533. The number of amides is 1. The van der Waals surface area contributed by atoms with E-state index in [1.54, 1.807) is 0 Å². The number of benzene rings is 1. The summed E-state index contributed by atoms with van der Waals surface area (Å²) in [4.78, 5) is 14.3. The van der Waals surface area contributed by atoms with E-state index >= 15 is 0 Å². The molecular weight excluding hydrogens is 351 g/mol. The molecule has 1 aliphatic heterocycles. The molecule has 2 atom stereocenters. The number of rotatable bonds is 3. The monoisotopic (exact) mass is 372 g/mol.